The number of benzene rings is 2. The van der Waals surface area contributed by atoms with E-state index in [1.165, 1.54) is 0 Å². The molecule has 4 aromatic rings. The molecule has 1 aliphatic heterocycles. The summed E-state index contributed by atoms with van der Waals surface area (Å²) in [5, 5.41) is 8.24. The lowest BCUT2D eigenvalue weighted by atomic mass is 10.1. The number of morpholine rings is 1. The molecule has 0 amide bonds. The van der Waals surface area contributed by atoms with Gasteiger partial charge in [-0.3, -0.25) is 4.90 Å². The van der Waals surface area contributed by atoms with Crippen LogP contribution in [0.1, 0.15) is 0 Å². The van der Waals surface area contributed by atoms with E-state index in [9.17, 15) is 0 Å². The lowest BCUT2D eigenvalue weighted by Gasteiger charge is -2.26. The van der Waals surface area contributed by atoms with Crippen molar-refractivity contribution < 1.29 is 4.74 Å². The Morgan fingerprint density at radius 2 is 1.60 bits per heavy atom. The average molecular weight is 399 g/mol. The zero-order valence-corrected chi connectivity index (χ0v) is 16.9. The van der Waals surface area contributed by atoms with Crippen molar-refractivity contribution >= 4 is 11.5 Å². The average Bonchev–Trinajstić information content (AvgIpc) is 3.25. The highest BCUT2D eigenvalue weighted by Gasteiger charge is 2.15. The molecule has 2 aromatic heterocycles. The molecule has 0 unspecified atom stereocenters. The summed E-state index contributed by atoms with van der Waals surface area (Å²) in [6.07, 6.45) is 1.90. The topological polar surface area (TPSA) is 54.7 Å². The summed E-state index contributed by atoms with van der Waals surface area (Å²) in [5.41, 5.74) is 5.04. The maximum Gasteiger partial charge on any atom is 0.165 e. The molecule has 0 radical (unpaired) electrons. The van der Waals surface area contributed by atoms with Gasteiger partial charge in [0, 0.05) is 43.4 Å². The Bertz CT molecular complexity index is 1100. The van der Waals surface area contributed by atoms with Crippen LogP contribution in [-0.4, -0.2) is 58.9 Å². The van der Waals surface area contributed by atoms with Gasteiger partial charge in [-0.25, -0.2) is 4.98 Å². The minimum absolute atomic E-state index is 0.817. The zero-order valence-electron chi connectivity index (χ0n) is 16.9. The van der Waals surface area contributed by atoms with Gasteiger partial charge in [0.15, 0.2) is 5.65 Å². The zero-order chi connectivity index (χ0) is 20.2. The Morgan fingerprint density at radius 1 is 0.900 bits per heavy atom. The minimum Gasteiger partial charge on any atom is -0.379 e. The molecule has 0 aliphatic carbocycles. The third-order valence-electron chi connectivity index (χ3n) is 5.46. The van der Waals surface area contributed by atoms with Gasteiger partial charge in [-0.15, -0.1) is 0 Å². The number of aromatic nitrogens is 3. The first kappa shape index (κ1) is 18.8. The van der Waals surface area contributed by atoms with Crippen LogP contribution in [0.4, 0.5) is 5.82 Å². The molecule has 0 saturated carbocycles. The normalized spacial score (nSPS) is 14.8. The highest BCUT2D eigenvalue weighted by Crippen LogP contribution is 2.28. The van der Waals surface area contributed by atoms with Crippen molar-refractivity contribution in [2.45, 2.75) is 0 Å². The molecule has 0 spiro atoms. The molecule has 1 saturated heterocycles. The molecule has 2 aromatic carbocycles. The monoisotopic (exact) mass is 399 g/mol. The molecule has 1 fully saturated rings. The summed E-state index contributed by atoms with van der Waals surface area (Å²) in [5.74, 6) is 0.953. The number of fused-ring (bicyclic) bond motifs is 1. The Hall–Kier alpha value is -3.22. The van der Waals surface area contributed by atoms with Crippen molar-refractivity contribution in [2.75, 3.05) is 44.7 Å². The number of nitrogens with one attached hydrogen (secondary N) is 1. The third kappa shape index (κ3) is 3.92. The molecular weight excluding hydrogens is 374 g/mol. The van der Waals surface area contributed by atoms with E-state index in [4.69, 9.17) is 9.72 Å². The van der Waals surface area contributed by atoms with E-state index >= 15 is 0 Å². The van der Waals surface area contributed by atoms with E-state index in [0.717, 1.165) is 73.2 Å². The second-order valence-electron chi connectivity index (χ2n) is 7.43. The van der Waals surface area contributed by atoms with E-state index in [1.54, 1.807) is 0 Å². The van der Waals surface area contributed by atoms with Crippen LogP contribution in [0.15, 0.2) is 72.9 Å². The number of rotatable bonds is 6. The molecular formula is C24H25N5O. The van der Waals surface area contributed by atoms with Crippen LogP contribution in [-0.2, 0) is 4.74 Å². The van der Waals surface area contributed by atoms with Crippen LogP contribution >= 0.6 is 0 Å². The Morgan fingerprint density at radius 3 is 2.33 bits per heavy atom. The summed E-state index contributed by atoms with van der Waals surface area (Å²) in [7, 11) is 0. The van der Waals surface area contributed by atoms with Crippen LogP contribution in [0.5, 0.6) is 0 Å². The lowest BCUT2D eigenvalue weighted by molar-refractivity contribution is 0.0398. The summed E-state index contributed by atoms with van der Waals surface area (Å²) in [4.78, 5) is 7.40. The molecule has 30 heavy (non-hydrogen) atoms. The van der Waals surface area contributed by atoms with Gasteiger partial charge < -0.3 is 10.1 Å². The lowest BCUT2D eigenvalue weighted by Crippen LogP contribution is -2.39. The van der Waals surface area contributed by atoms with E-state index in [-0.39, 0.29) is 0 Å². The molecule has 1 N–H and O–H groups in total. The van der Waals surface area contributed by atoms with Crippen LogP contribution < -0.4 is 5.32 Å². The quantitative estimate of drug-likeness (QED) is 0.534. The molecule has 0 atom stereocenters. The summed E-state index contributed by atoms with van der Waals surface area (Å²) < 4.78 is 7.36. The number of ether oxygens (including phenoxy) is 1. The van der Waals surface area contributed by atoms with Gasteiger partial charge in [0.25, 0.3) is 0 Å². The fourth-order valence-electron chi connectivity index (χ4n) is 3.83. The van der Waals surface area contributed by atoms with Crippen molar-refractivity contribution in [1.82, 2.24) is 19.5 Å². The van der Waals surface area contributed by atoms with E-state index in [2.05, 4.69) is 45.6 Å². The first-order valence-corrected chi connectivity index (χ1v) is 10.4. The van der Waals surface area contributed by atoms with Crippen molar-refractivity contribution in [3.05, 3.63) is 72.9 Å². The Kier molecular flexibility index (Phi) is 5.42. The predicted octanol–water partition coefficient (Wildman–Crippen LogP) is 3.81. The number of anilines is 1. The summed E-state index contributed by atoms with van der Waals surface area (Å²) >= 11 is 0. The fraction of sp³-hybridized carbons (Fsp3) is 0.250. The van der Waals surface area contributed by atoms with Gasteiger partial charge in [-0.2, -0.15) is 9.61 Å². The summed E-state index contributed by atoms with van der Waals surface area (Å²) in [6.45, 7) is 5.42. The first-order chi connectivity index (χ1) is 14.9. The molecule has 3 heterocycles. The van der Waals surface area contributed by atoms with Crippen LogP contribution in [0.3, 0.4) is 0 Å². The standard InChI is InChI=1S/C24H25N5O/c1-3-7-19(8-4-1)21-18-26-29-23(25-11-12-28-13-15-30-16-14-28)17-22(27-24(21)29)20-9-5-2-6-10-20/h1-10,17-18,25H,11-16H2. The SMILES string of the molecule is c1ccc(-c2cc(NCCN3CCOCC3)n3ncc(-c4ccccc4)c3n2)cc1. The van der Waals surface area contributed by atoms with Crippen molar-refractivity contribution in [2.24, 2.45) is 0 Å². The third-order valence-corrected chi connectivity index (χ3v) is 5.46. The second-order valence-corrected chi connectivity index (χ2v) is 7.43. The van der Waals surface area contributed by atoms with Gasteiger partial charge in [-0.05, 0) is 5.56 Å². The highest BCUT2D eigenvalue weighted by molar-refractivity contribution is 5.80. The van der Waals surface area contributed by atoms with Crippen molar-refractivity contribution in [1.29, 1.82) is 0 Å². The van der Waals surface area contributed by atoms with E-state index in [1.807, 2.05) is 47.1 Å². The number of nitrogens with zero attached hydrogens (tertiary/aromatic N) is 4. The van der Waals surface area contributed by atoms with Gasteiger partial charge >= 0.3 is 0 Å². The molecule has 5 rings (SSSR count). The van der Waals surface area contributed by atoms with Gasteiger partial charge in [0.2, 0.25) is 0 Å². The van der Waals surface area contributed by atoms with E-state index in [0.29, 0.717) is 0 Å². The van der Waals surface area contributed by atoms with E-state index < -0.39 is 0 Å². The number of hydrogen-bond acceptors (Lipinski definition) is 5. The van der Waals surface area contributed by atoms with Crippen LogP contribution in [0.25, 0.3) is 28.0 Å². The molecule has 6 nitrogen and oxygen atoms in total. The number of hydrogen-bond donors (Lipinski definition) is 1. The maximum absolute atomic E-state index is 5.45. The second kappa shape index (κ2) is 8.65. The van der Waals surface area contributed by atoms with Gasteiger partial charge in [-0.1, -0.05) is 60.7 Å². The summed E-state index contributed by atoms with van der Waals surface area (Å²) in [6, 6.07) is 22.7. The smallest absolute Gasteiger partial charge is 0.165 e. The predicted molar refractivity (Wildman–Crippen MR) is 120 cm³/mol. The van der Waals surface area contributed by atoms with Crippen molar-refractivity contribution in [3.63, 3.8) is 0 Å². The fourth-order valence-corrected chi connectivity index (χ4v) is 3.83. The largest absolute Gasteiger partial charge is 0.379 e. The van der Waals surface area contributed by atoms with Crippen LogP contribution in [0, 0.1) is 0 Å². The van der Waals surface area contributed by atoms with Crippen molar-refractivity contribution in [3.8, 4) is 22.4 Å². The maximum atomic E-state index is 5.45. The van der Waals surface area contributed by atoms with Crippen LogP contribution in [0.2, 0.25) is 0 Å². The van der Waals surface area contributed by atoms with Gasteiger partial charge in [0.1, 0.15) is 5.82 Å². The molecule has 6 heteroatoms. The molecule has 152 valence electrons. The Labute approximate surface area is 176 Å². The first-order valence-electron chi connectivity index (χ1n) is 10.4. The molecule has 0 bridgehead atoms. The van der Waals surface area contributed by atoms with Gasteiger partial charge in [0.05, 0.1) is 25.1 Å². The minimum atomic E-state index is 0.817. The molecule has 1 aliphatic rings. The highest BCUT2D eigenvalue weighted by atomic mass is 16.5. The Balaban J connectivity index is 1.50.